The molecule has 0 saturated carbocycles. The molecular weight excluding hydrogens is 162 g/mol. The van der Waals surface area contributed by atoms with Gasteiger partial charge in [0, 0.05) is 11.8 Å². The monoisotopic (exact) mass is 173 g/mol. The minimum atomic E-state index is 0.402. The van der Waals surface area contributed by atoms with Crippen molar-refractivity contribution in [2.45, 2.75) is 0 Å². The van der Waals surface area contributed by atoms with E-state index in [1.165, 1.54) is 6.21 Å². The van der Waals surface area contributed by atoms with E-state index in [4.69, 9.17) is 5.73 Å². The van der Waals surface area contributed by atoms with Gasteiger partial charge in [0.25, 0.3) is 0 Å². The molecule has 66 valence electrons. The lowest BCUT2D eigenvalue weighted by atomic mass is 10.2. The zero-order valence-electron chi connectivity index (χ0n) is 7.22. The normalized spacial score (nSPS) is 11.8. The molecule has 0 saturated heterocycles. The molecule has 1 aromatic carbocycles. The molecule has 13 heavy (non-hydrogen) atoms. The van der Waals surface area contributed by atoms with Gasteiger partial charge in [0.05, 0.1) is 0 Å². The van der Waals surface area contributed by atoms with Gasteiger partial charge in [-0.25, -0.2) is 0 Å². The third-order valence-corrected chi connectivity index (χ3v) is 1.41. The molecule has 0 spiro atoms. The Bertz CT molecular complexity index is 325. The van der Waals surface area contributed by atoms with Crippen molar-refractivity contribution in [3.8, 4) is 0 Å². The second-order valence-corrected chi connectivity index (χ2v) is 2.35. The predicted molar refractivity (Wildman–Crippen MR) is 55.9 cm³/mol. The molecule has 3 heteroatoms. The molecule has 0 aliphatic carbocycles. The van der Waals surface area contributed by atoms with Crippen LogP contribution >= 0.6 is 0 Å². The summed E-state index contributed by atoms with van der Waals surface area (Å²) in [5.41, 5.74) is 6.50. The minimum Gasteiger partial charge on any atom is -0.382 e. The number of nitrogens with zero attached hydrogens (tertiary/aromatic N) is 2. The average Bonchev–Trinajstić information content (AvgIpc) is 2.19. The summed E-state index contributed by atoms with van der Waals surface area (Å²) in [4.78, 5) is 0. The van der Waals surface area contributed by atoms with Crippen LogP contribution in [-0.2, 0) is 0 Å². The first-order chi connectivity index (χ1) is 6.34. The van der Waals surface area contributed by atoms with Gasteiger partial charge in [-0.15, -0.1) is 5.10 Å². The summed E-state index contributed by atoms with van der Waals surface area (Å²) in [5, 5.41) is 7.46. The molecule has 0 aliphatic rings. The second-order valence-electron chi connectivity index (χ2n) is 2.35. The lowest BCUT2D eigenvalue weighted by molar-refractivity contribution is 1.23. The number of hydrogen-bond donors (Lipinski definition) is 1. The summed E-state index contributed by atoms with van der Waals surface area (Å²) in [6.45, 7) is 3.47. The second kappa shape index (κ2) is 4.87. The topological polar surface area (TPSA) is 50.7 Å². The van der Waals surface area contributed by atoms with E-state index in [0.29, 0.717) is 5.84 Å². The number of nitrogens with two attached hydrogens (primary N) is 1. The molecule has 0 heterocycles. The van der Waals surface area contributed by atoms with Crippen molar-refractivity contribution < 1.29 is 0 Å². The van der Waals surface area contributed by atoms with Gasteiger partial charge in [-0.1, -0.05) is 36.9 Å². The molecule has 0 bridgehead atoms. The van der Waals surface area contributed by atoms with Crippen molar-refractivity contribution in [2.75, 3.05) is 0 Å². The van der Waals surface area contributed by atoms with Crippen LogP contribution in [0.2, 0.25) is 0 Å². The number of rotatable bonds is 3. The van der Waals surface area contributed by atoms with Gasteiger partial charge in [0.15, 0.2) is 5.84 Å². The highest BCUT2D eigenvalue weighted by molar-refractivity contribution is 5.97. The molecule has 0 aliphatic heterocycles. The average molecular weight is 173 g/mol. The molecule has 0 fully saturated rings. The number of benzene rings is 1. The third kappa shape index (κ3) is 2.91. The zero-order chi connectivity index (χ0) is 9.52. The lowest BCUT2D eigenvalue weighted by Gasteiger charge is -1.95. The molecule has 1 rings (SSSR count). The maximum Gasteiger partial charge on any atom is 0.153 e. The highest BCUT2D eigenvalue weighted by atomic mass is 15.2. The summed E-state index contributed by atoms with van der Waals surface area (Å²) >= 11 is 0. The van der Waals surface area contributed by atoms with Crippen LogP contribution in [0.1, 0.15) is 5.56 Å². The Kier molecular flexibility index (Phi) is 3.45. The largest absolute Gasteiger partial charge is 0.382 e. The molecule has 0 atom stereocenters. The Morgan fingerprint density at radius 1 is 1.31 bits per heavy atom. The Morgan fingerprint density at radius 3 is 2.62 bits per heavy atom. The number of allylic oxidation sites excluding steroid dienone is 1. The molecule has 0 aromatic heterocycles. The first kappa shape index (κ1) is 9.19. The highest BCUT2D eigenvalue weighted by Crippen LogP contribution is 1.97. The summed E-state index contributed by atoms with van der Waals surface area (Å²) < 4.78 is 0. The van der Waals surface area contributed by atoms with Gasteiger partial charge >= 0.3 is 0 Å². The van der Waals surface area contributed by atoms with Crippen LogP contribution in [0.15, 0.2) is 53.2 Å². The van der Waals surface area contributed by atoms with Crippen molar-refractivity contribution in [3.05, 3.63) is 48.6 Å². The van der Waals surface area contributed by atoms with E-state index < -0.39 is 0 Å². The summed E-state index contributed by atoms with van der Waals surface area (Å²) in [7, 11) is 0. The lowest BCUT2D eigenvalue weighted by Crippen LogP contribution is -2.12. The molecule has 0 unspecified atom stereocenters. The fourth-order valence-corrected chi connectivity index (χ4v) is 0.809. The zero-order valence-corrected chi connectivity index (χ0v) is 7.22. The van der Waals surface area contributed by atoms with Crippen LogP contribution in [-0.4, -0.2) is 12.1 Å². The highest BCUT2D eigenvalue weighted by Gasteiger charge is 1.93. The Morgan fingerprint density at radius 2 is 2.00 bits per heavy atom. The SMILES string of the molecule is C=CC=N/N=C(\N)c1ccccc1. The van der Waals surface area contributed by atoms with E-state index >= 15 is 0 Å². The van der Waals surface area contributed by atoms with Gasteiger partial charge < -0.3 is 5.73 Å². The van der Waals surface area contributed by atoms with Crippen LogP contribution in [0, 0.1) is 0 Å². The fraction of sp³-hybridized carbons (Fsp3) is 0. The molecule has 2 N–H and O–H groups in total. The van der Waals surface area contributed by atoms with Gasteiger partial charge in [-0.3, -0.25) is 0 Å². The standard InChI is InChI=1S/C10H11N3/c1-2-8-12-13-10(11)9-6-4-3-5-7-9/h2-8H,1H2,(H2,11,13). The van der Waals surface area contributed by atoms with Gasteiger partial charge in [0.2, 0.25) is 0 Å². The van der Waals surface area contributed by atoms with Crippen molar-refractivity contribution in [1.82, 2.24) is 0 Å². The van der Waals surface area contributed by atoms with Gasteiger partial charge in [0.1, 0.15) is 0 Å². The first-order valence-corrected chi connectivity index (χ1v) is 3.87. The maximum atomic E-state index is 5.64. The van der Waals surface area contributed by atoms with E-state index in [1.54, 1.807) is 6.08 Å². The van der Waals surface area contributed by atoms with Crippen LogP contribution in [0.3, 0.4) is 0 Å². The first-order valence-electron chi connectivity index (χ1n) is 3.87. The van der Waals surface area contributed by atoms with Crippen molar-refractivity contribution >= 4 is 12.1 Å². The van der Waals surface area contributed by atoms with Crippen LogP contribution in [0.25, 0.3) is 0 Å². The summed E-state index contributed by atoms with van der Waals surface area (Å²) in [5.74, 6) is 0.402. The van der Waals surface area contributed by atoms with Crippen LogP contribution in [0.4, 0.5) is 0 Å². The molecule has 0 radical (unpaired) electrons. The third-order valence-electron chi connectivity index (χ3n) is 1.41. The fourth-order valence-electron chi connectivity index (χ4n) is 0.809. The predicted octanol–water partition coefficient (Wildman–Crippen LogP) is 1.56. The number of hydrogen-bond acceptors (Lipinski definition) is 2. The molecule has 1 aromatic rings. The maximum absolute atomic E-state index is 5.64. The van der Waals surface area contributed by atoms with E-state index in [2.05, 4.69) is 16.8 Å². The van der Waals surface area contributed by atoms with Crippen molar-refractivity contribution in [1.29, 1.82) is 0 Å². The summed E-state index contributed by atoms with van der Waals surface area (Å²) in [6.07, 6.45) is 3.03. The van der Waals surface area contributed by atoms with Crippen LogP contribution in [0.5, 0.6) is 0 Å². The van der Waals surface area contributed by atoms with E-state index in [0.717, 1.165) is 5.56 Å². The van der Waals surface area contributed by atoms with Crippen molar-refractivity contribution in [3.63, 3.8) is 0 Å². The van der Waals surface area contributed by atoms with Gasteiger partial charge in [-0.05, 0) is 6.08 Å². The molecule has 0 amide bonds. The van der Waals surface area contributed by atoms with Crippen molar-refractivity contribution in [2.24, 2.45) is 15.9 Å². The number of amidine groups is 1. The Hall–Kier alpha value is -1.90. The van der Waals surface area contributed by atoms with E-state index in [-0.39, 0.29) is 0 Å². The van der Waals surface area contributed by atoms with E-state index in [9.17, 15) is 0 Å². The van der Waals surface area contributed by atoms with Crippen LogP contribution < -0.4 is 5.73 Å². The Balaban J connectivity index is 2.79. The summed E-state index contributed by atoms with van der Waals surface area (Å²) in [6, 6.07) is 9.47. The quantitative estimate of drug-likeness (QED) is 0.421. The molecule has 3 nitrogen and oxygen atoms in total. The smallest absolute Gasteiger partial charge is 0.153 e. The Labute approximate surface area is 77.3 Å². The minimum absolute atomic E-state index is 0.402. The van der Waals surface area contributed by atoms with E-state index in [1.807, 2.05) is 30.3 Å². The van der Waals surface area contributed by atoms with Gasteiger partial charge in [-0.2, -0.15) is 5.10 Å². The molecular formula is C10H11N3.